The molecular weight excluding hydrogens is 945 g/mol. The molecule has 2 aliphatic heterocycles. The molecule has 2 N–H and O–H groups in total. The van der Waals surface area contributed by atoms with Crippen LogP contribution in [-0.2, 0) is 39.3 Å². The maximum atomic E-state index is 13.9. The third-order valence-electron chi connectivity index (χ3n) is 12.2. The molecule has 4 aromatic carbocycles. The van der Waals surface area contributed by atoms with Crippen LogP contribution in [0.5, 0.6) is 0 Å². The fraction of sp³-hybridized carbons (Fsp3) is 0.333. The van der Waals surface area contributed by atoms with Gasteiger partial charge in [0.05, 0.1) is 38.6 Å². The second-order valence-corrected chi connectivity index (χ2v) is 31.7. The van der Waals surface area contributed by atoms with Crippen molar-refractivity contribution >= 4 is 83.5 Å². The first-order chi connectivity index (χ1) is 31.2. The Morgan fingerprint density at radius 3 is 0.853 bits per heavy atom. The highest BCUT2D eigenvalue weighted by molar-refractivity contribution is 7.93. The first kappa shape index (κ1) is 47.1. The summed E-state index contributed by atoms with van der Waals surface area (Å²) in [7, 11) is -15.5. The van der Waals surface area contributed by atoms with Crippen LogP contribution in [0.25, 0.3) is 89.7 Å². The van der Waals surface area contributed by atoms with E-state index in [1.165, 1.54) is 48.5 Å². The predicted octanol–water partition coefficient (Wildman–Crippen LogP) is 9.16. The highest BCUT2D eigenvalue weighted by Gasteiger charge is 2.36. The molecule has 3 aromatic heterocycles. The highest BCUT2D eigenvalue weighted by atomic mass is 32.2. The van der Waals surface area contributed by atoms with E-state index in [9.17, 15) is 33.7 Å². The van der Waals surface area contributed by atoms with Crippen molar-refractivity contribution in [3.05, 3.63) is 72.8 Å². The summed E-state index contributed by atoms with van der Waals surface area (Å²) >= 11 is 0. The Hall–Kier alpha value is -5.96. The molecule has 0 amide bonds. The van der Waals surface area contributed by atoms with Crippen molar-refractivity contribution in [3.8, 4) is 45.6 Å². The summed E-state index contributed by atoms with van der Waals surface area (Å²) in [6, 6.07) is 18.4. The van der Waals surface area contributed by atoms with Crippen LogP contribution in [0.4, 0.5) is 0 Å². The van der Waals surface area contributed by atoms with E-state index in [-0.39, 0.29) is 65.5 Å². The van der Waals surface area contributed by atoms with Crippen LogP contribution in [0.2, 0.25) is 0 Å². The zero-order valence-electron chi connectivity index (χ0n) is 39.5. The van der Waals surface area contributed by atoms with Crippen molar-refractivity contribution in [2.45, 2.75) is 122 Å². The van der Waals surface area contributed by atoms with Gasteiger partial charge in [-0.3, -0.25) is 0 Å². The molecule has 2 aliphatic rings. The molecule has 5 heterocycles. The Balaban J connectivity index is 1.47. The van der Waals surface area contributed by atoms with Gasteiger partial charge in [-0.1, -0.05) is 0 Å². The molecule has 8 bridgehead atoms. The minimum atomic E-state index is -3.88. The van der Waals surface area contributed by atoms with E-state index < -0.39 is 58.3 Å². The predicted molar refractivity (Wildman–Crippen MR) is 264 cm³/mol. The molecule has 0 saturated heterocycles. The summed E-state index contributed by atoms with van der Waals surface area (Å²) in [6.45, 7) is 19.2. The van der Waals surface area contributed by atoms with Crippen molar-refractivity contribution < 1.29 is 33.7 Å². The van der Waals surface area contributed by atoms with E-state index in [0.29, 0.717) is 43.8 Å². The molecule has 0 saturated carbocycles. The van der Waals surface area contributed by atoms with Gasteiger partial charge in [0.1, 0.15) is 22.6 Å². The minimum Gasteiger partial charge on any atom is -0.324 e. The largest absolute Gasteiger partial charge is 0.324 e. The minimum absolute atomic E-state index is 0.0227. The average molecular weight is 995 g/mol. The Morgan fingerprint density at radius 2 is 0.559 bits per heavy atom. The molecule has 0 atom stereocenters. The topological polar surface area (TPSA) is 245 Å². The number of rotatable bonds is 4. The summed E-state index contributed by atoms with van der Waals surface area (Å²) in [5.74, 6) is 0.363. The van der Waals surface area contributed by atoms with Gasteiger partial charge in [-0.25, -0.2) is 63.6 Å². The van der Waals surface area contributed by atoms with Gasteiger partial charge in [-0.2, -0.15) is 0 Å². The van der Waals surface area contributed by atoms with Crippen molar-refractivity contribution in [2.75, 3.05) is 0 Å². The van der Waals surface area contributed by atoms with Gasteiger partial charge in [0.2, 0.25) is 0 Å². The Bertz CT molecular complexity index is 3760. The lowest BCUT2D eigenvalue weighted by atomic mass is 10.1. The second kappa shape index (κ2) is 14.8. The van der Waals surface area contributed by atoms with Crippen LogP contribution in [0.1, 0.15) is 83.1 Å². The van der Waals surface area contributed by atoms with Gasteiger partial charge < -0.3 is 9.97 Å². The summed E-state index contributed by atoms with van der Waals surface area (Å²) in [5, 5.41) is 1.61. The van der Waals surface area contributed by atoms with Crippen LogP contribution in [0.3, 0.4) is 0 Å². The lowest BCUT2D eigenvalue weighted by molar-refractivity contribution is 0.559. The van der Waals surface area contributed by atoms with Gasteiger partial charge in [0.25, 0.3) is 0 Å². The molecule has 0 spiro atoms. The Morgan fingerprint density at radius 1 is 0.309 bits per heavy atom. The van der Waals surface area contributed by atoms with Gasteiger partial charge >= 0.3 is 0 Å². The number of aromatic nitrogens is 8. The fourth-order valence-corrected chi connectivity index (χ4v) is 12.7. The van der Waals surface area contributed by atoms with E-state index in [1.807, 2.05) is 0 Å². The van der Waals surface area contributed by atoms with E-state index in [2.05, 4.69) is 9.97 Å². The van der Waals surface area contributed by atoms with Crippen molar-refractivity contribution in [3.63, 3.8) is 0 Å². The lowest BCUT2D eigenvalue weighted by Gasteiger charge is -2.19. The monoisotopic (exact) mass is 994 g/mol. The van der Waals surface area contributed by atoms with E-state index in [0.717, 1.165) is 0 Å². The molecule has 68 heavy (non-hydrogen) atoms. The zero-order chi connectivity index (χ0) is 49.7. The number of nitrogens with zero attached hydrogens (tertiary/aromatic N) is 6. The van der Waals surface area contributed by atoms with Gasteiger partial charge in [-0.05, 0) is 156 Å². The van der Waals surface area contributed by atoms with E-state index in [4.69, 9.17) is 29.9 Å². The van der Waals surface area contributed by atoms with E-state index in [1.54, 1.807) is 107 Å². The highest BCUT2D eigenvalue weighted by Crippen LogP contribution is 2.41. The maximum absolute atomic E-state index is 13.9. The third-order valence-corrected chi connectivity index (χ3v) is 22.1. The molecule has 20 heteroatoms. The maximum Gasteiger partial charge on any atom is 0.183 e. The summed E-state index contributed by atoms with van der Waals surface area (Å²) in [6.07, 6.45) is 0. The van der Waals surface area contributed by atoms with Crippen LogP contribution in [0.15, 0.2) is 92.4 Å². The number of sulfone groups is 4. The third kappa shape index (κ3) is 7.24. The first-order valence-electron chi connectivity index (χ1n) is 21.6. The summed E-state index contributed by atoms with van der Waals surface area (Å²) in [5.41, 5.74) is 2.21. The van der Waals surface area contributed by atoms with Crippen LogP contribution in [0, 0.1) is 0 Å². The smallest absolute Gasteiger partial charge is 0.183 e. The second-order valence-electron chi connectivity index (χ2n) is 20.9. The van der Waals surface area contributed by atoms with Crippen molar-refractivity contribution in [2.24, 2.45) is 0 Å². The van der Waals surface area contributed by atoms with E-state index >= 15 is 0 Å². The Labute approximate surface area is 394 Å². The number of H-pyrrole nitrogens is 2. The summed E-state index contributed by atoms with van der Waals surface area (Å²) in [4.78, 5) is 36.3. The van der Waals surface area contributed by atoms with Gasteiger partial charge in [0.15, 0.2) is 62.6 Å². The molecule has 7 aromatic rings. The molecule has 9 rings (SSSR count). The number of nitrogens with one attached hydrogen (secondary N) is 2. The number of fused-ring (bicyclic) bond motifs is 20. The summed E-state index contributed by atoms with van der Waals surface area (Å²) < 4.78 is 106. The molecule has 16 nitrogen and oxygen atoms in total. The molecule has 354 valence electrons. The SMILES string of the molecule is CC(C)(C)S(=O)(=O)c1ccc2c(c1)-c1nc-2nc2[nH]c(nc3nc(nc4[nH]c(n1)c1ccc(S(=O)(=O)C(C)(C)C)cc41)-c1ccc(S(=O)(=O)C(C)(C)C)cc1-3)c1ccc(S(=O)(=O)C(C)(C)C)cc21. The van der Waals surface area contributed by atoms with Gasteiger partial charge in [0, 0.05) is 43.8 Å². The molecule has 0 unspecified atom stereocenters. The number of hydrogen-bond donors (Lipinski definition) is 2. The fourth-order valence-electron chi connectivity index (χ4n) is 7.79. The molecule has 0 radical (unpaired) electrons. The number of benzene rings is 4. The van der Waals surface area contributed by atoms with Crippen molar-refractivity contribution in [1.29, 1.82) is 0 Å². The Kier molecular flexibility index (Phi) is 10.2. The lowest BCUT2D eigenvalue weighted by Crippen LogP contribution is -2.27. The van der Waals surface area contributed by atoms with Crippen LogP contribution < -0.4 is 0 Å². The zero-order valence-corrected chi connectivity index (χ0v) is 42.8. The van der Waals surface area contributed by atoms with Crippen molar-refractivity contribution in [1.82, 2.24) is 39.9 Å². The molecule has 0 fully saturated rings. The normalized spacial score (nSPS) is 14.1. The number of hydrogen-bond acceptors (Lipinski definition) is 14. The standard InChI is InChI=1S/C48H50N8O8S4/c1-45(2,3)65(57,58)25-13-17-29-33(21-25)41-49-37(29)54-42-35-23-27(67(61,62)47(7,8)9)15-19-31(35)39(51-42)56-44-36-24-28(68(63,64)48(10,11)12)16-20-32(36)40(52-44)55-43-34-22-26(66(59,60)46(4,5)6)14-18-30(34)38(50-43)53-41/h13-24H,1-12H3,(H2,49,50,51,52,53,54,55,56). The average Bonchev–Trinajstić information content (AvgIpc) is 3.96. The number of aromatic amines is 2. The first-order valence-corrected chi connectivity index (χ1v) is 27.5. The molecule has 0 aliphatic carbocycles. The quantitative estimate of drug-likeness (QED) is 0.167. The van der Waals surface area contributed by atoms with Gasteiger partial charge in [-0.15, -0.1) is 0 Å². The molecular formula is C48H50N8O8S4. The van der Waals surface area contributed by atoms with Crippen LogP contribution >= 0.6 is 0 Å². The van der Waals surface area contributed by atoms with Crippen LogP contribution in [-0.4, -0.2) is 92.5 Å².